The lowest BCUT2D eigenvalue weighted by Gasteiger charge is -2.18. The molecule has 1 aromatic rings. The van der Waals surface area contributed by atoms with Crippen LogP contribution in [-0.2, 0) is 11.3 Å². The number of carboxylic acid groups (broad SMARTS) is 1. The molecule has 0 aromatic carbocycles. The van der Waals surface area contributed by atoms with Crippen LogP contribution >= 0.6 is 0 Å². The number of rotatable bonds is 7. The van der Waals surface area contributed by atoms with Gasteiger partial charge in [0.15, 0.2) is 0 Å². The minimum Gasteiger partial charge on any atom is -0.480 e. The zero-order chi connectivity index (χ0) is 15.1. The summed E-state index contributed by atoms with van der Waals surface area (Å²) < 4.78 is 1.24. The highest BCUT2D eigenvalue weighted by atomic mass is 16.4. The fraction of sp³-hybridized carbons (Fsp3) is 0.538. The molecule has 1 amide bonds. The summed E-state index contributed by atoms with van der Waals surface area (Å²) in [6.45, 7) is 4.01. The van der Waals surface area contributed by atoms with Crippen molar-refractivity contribution in [1.29, 1.82) is 0 Å². The maximum Gasteiger partial charge on any atom is 0.323 e. The van der Waals surface area contributed by atoms with Gasteiger partial charge in [-0.1, -0.05) is 13.3 Å². The lowest BCUT2D eigenvalue weighted by Crippen LogP contribution is -2.37. The molecule has 1 heterocycles. The second-order valence-electron chi connectivity index (χ2n) is 4.35. The molecule has 0 bridgehead atoms. The van der Waals surface area contributed by atoms with Crippen molar-refractivity contribution >= 4 is 11.9 Å². The fourth-order valence-corrected chi connectivity index (χ4v) is 1.68. The minimum atomic E-state index is -1.08. The number of hydrogen-bond acceptors (Lipinski definition) is 4. The summed E-state index contributed by atoms with van der Waals surface area (Å²) >= 11 is 0. The highest BCUT2D eigenvalue weighted by Crippen LogP contribution is 2.00. The first-order valence-electron chi connectivity index (χ1n) is 6.58. The van der Waals surface area contributed by atoms with Gasteiger partial charge in [-0.3, -0.25) is 14.4 Å². The molecule has 0 radical (unpaired) electrons. The van der Waals surface area contributed by atoms with Crippen molar-refractivity contribution in [3.05, 3.63) is 28.2 Å². The van der Waals surface area contributed by atoms with Crippen LogP contribution in [0.2, 0.25) is 0 Å². The Morgan fingerprint density at radius 1 is 1.35 bits per heavy atom. The standard InChI is InChI=1S/C13H19N3O4/c1-3-5-8-16-11(17)7-6-10(14-16)13(20)15(4-2)9-12(18)19/h6-7H,3-5,8-9H2,1-2H3,(H,18,19). The van der Waals surface area contributed by atoms with Gasteiger partial charge in [0.1, 0.15) is 12.2 Å². The average molecular weight is 281 g/mol. The van der Waals surface area contributed by atoms with Crippen molar-refractivity contribution in [1.82, 2.24) is 14.7 Å². The first-order valence-corrected chi connectivity index (χ1v) is 6.58. The fourth-order valence-electron chi connectivity index (χ4n) is 1.68. The Morgan fingerprint density at radius 3 is 2.60 bits per heavy atom. The second-order valence-corrected chi connectivity index (χ2v) is 4.35. The third kappa shape index (κ3) is 4.18. The number of carboxylic acids is 1. The molecule has 0 atom stereocenters. The number of aliphatic carboxylic acids is 1. The van der Waals surface area contributed by atoms with Crippen LogP contribution in [0, 0.1) is 0 Å². The molecule has 0 spiro atoms. The molecule has 0 saturated heterocycles. The number of carbonyl (C=O) groups is 2. The molecule has 110 valence electrons. The number of carbonyl (C=O) groups excluding carboxylic acids is 1. The predicted molar refractivity (Wildman–Crippen MR) is 72.6 cm³/mol. The van der Waals surface area contributed by atoms with Crippen LogP contribution in [0.25, 0.3) is 0 Å². The molecule has 20 heavy (non-hydrogen) atoms. The summed E-state index contributed by atoms with van der Waals surface area (Å²) in [6.07, 6.45) is 1.70. The van der Waals surface area contributed by atoms with E-state index in [0.29, 0.717) is 6.54 Å². The Labute approximate surface area is 116 Å². The Hall–Kier alpha value is -2.18. The quantitative estimate of drug-likeness (QED) is 0.789. The van der Waals surface area contributed by atoms with Crippen LogP contribution in [0.1, 0.15) is 37.2 Å². The van der Waals surface area contributed by atoms with Gasteiger partial charge in [-0.2, -0.15) is 5.10 Å². The average Bonchev–Trinajstić information content (AvgIpc) is 2.43. The third-order valence-corrected chi connectivity index (χ3v) is 2.80. The lowest BCUT2D eigenvalue weighted by atomic mass is 10.3. The van der Waals surface area contributed by atoms with Crippen LogP contribution < -0.4 is 5.56 Å². The third-order valence-electron chi connectivity index (χ3n) is 2.80. The van der Waals surface area contributed by atoms with Gasteiger partial charge >= 0.3 is 5.97 Å². The van der Waals surface area contributed by atoms with E-state index >= 15 is 0 Å². The summed E-state index contributed by atoms with van der Waals surface area (Å²) in [6, 6.07) is 2.61. The Bertz CT molecular complexity index is 539. The molecule has 7 heteroatoms. The first kappa shape index (κ1) is 15.9. The molecule has 0 aliphatic carbocycles. The summed E-state index contributed by atoms with van der Waals surface area (Å²) in [5, 5.41) is 12.8. The van der Waals surface area contributed by atoms with E-state index in [-0.39, 0.29) is 24.3 Å². The number of unbranched alkanes of at least 4 members (excludes halogenated alkanes) is 1. The van der Waals surface area contributed by atoms with E-state index in [9.17, 15) is 14.4 Å². The highest BCUT2D eigenvalue weighted by molar-refractivity contribution is 5.93. The largest absolute Gasteiger partial charge is 0.480 e. The summed E-state index contributed by atoms with van der Waals surface area (Å²) in [5.74, 6) is -1.57. The predicted octanol–water partition coefficient (Wildman–Crippen LogP) is 0.590. The molecule has 0 unspecified atom stereocenters. The van der Waals surface area contributed by atoms with Crippen LogP contribution in [-0.4, -0.2) is 44.8 Å². The SMILES string of the molecule is CCCCn1nc(C(=O)N(CC)CC(=O)O)ccc1=O. The highest BCUT2D eigenvalue weighted by Gasteiger charge is 2.18. The maximum absolute atomic E-state index is 12.1. The maximum atomic E-state index is 12.1. The van der Waals surface area contributed by atoms with Gasteiger partial charge in [0, 0.05) is 19.2 Å². The Morgan fingerprint density at radius 2 is 2.05 bits per heavy atom. The second kappa shape index (κ2) is 7.42. The van der Waals surface area contributed by atoms with E-state index in [2.05, 4.69) is 5.10 Å². The van der Waals surface area contributed by atoms with E-state index in [1.54, 1.807) is 6.92 Å². The molecule has 0 fully saturated rings. The van der Waals surface area contributed by atoms with Crippen molar-refractivity contribution in [2.75, 3.05) is 13.1 Å². The molecule has 7 nitrogen and oxygen atoms in total. The van der Waals surface area contributed by atoms with Gasteiger partial charge in [0.05, 0.1) is 0 Å². The molecule has 1 rings (SSSR count). The summed E-state index contributed by atoms with van der Waals surface area (Å²) in [5.41, 5.74) is -0.180. The monoisotopic (exact) mass is 281 g/mol. The van der Waals surface area contributed by atoms with Gasteiger partial charge in [-0.25, -0.2) is 4.68 Å². The molecular weight excluding hydrogens is 262 g/mol. The van der Waals surface area contributed by atoms with Crippen molar-refractivity contribution in [3.8, 4) is 0 Å². The normalized spacial score (nSPS) is 10.3. The molecule has 1 aromatic heterocycles. The number of hydrogen-bond donors (Lipinski definition) is 1. The Kier molecular flexibility index (Phi) is 5.89. The summed E-state index contributed by atoms with van der Waals surface area (Å²) in [7, 11) is 0. The summed E-state index contributed by atoms with van der Waals surface area (Å²) in [4.78, 5) is 35.6. The van der Waals surface area contributed by atoms with Crippen LogP contribution in [0.3, 0.4) is 0 Å². The molecule has 0 aliphatic heterocycles. The number of aryl methyl sites for hydroxylation is 1. The smallest absolute Gasteiger partial charge is 0.323 e. The van der Waals surface area contributed by atoms with Crippen molar-refractivity contribution in [3.63, 3.8) is 0 Å². The van der Waals surface area contributed by atoms with Crippen LogP contribution in [0.4, 0.5) is 0 Å². The van der Waals surface area contributed by atoms with E-state index < -0.39 is 11.9 Å². The minimum absolute atomic E-state index is 0.0869. The van der Waals surface area contributed by atoms with Gasteiger partial charge < -0.3 is 10.0 Å². The van der Waals surface area contributed by atoms with Gasteiger partial charge in [-0.15, -0.1) is 0 Å². The van der Waals surface area contributed by atoms with Crippen molar-refractivity contribution in [2.45, 2.75) is 33.2 Å². The zero-order valence-corrected chi connectivity index (χ0v) is 11.7. The van der Waals surface area contributed by atoms with E-state index in [1.165, 1.54) is 21.7 Å². The van der Waals surface area contributed by atoms with Crippen molar-refractivity contribution < 1.29 is 14.7 Å². The van der Waals surface area contributed by atoms with Crippen LogP contribution in [0.15, 0.2) is 16.9 Å². The van der Waals surface area contributed by atoms with Crippen molar-refractivity contribution in [2.24, 2.45) is 0 Å². The number of likely N-dealkylation sites (N-methyl/N-ethyl adjacent to an activating group) is 1. The number of nitrogens with zero attached hydrogens (tertiary/aromatic N) is 3. The van der Waals surface area contributed by atoms with Gasteiger partial charge in [0.2, 0.25) is 0 Å². The first-order chi connectivity index (χ1) is 9.49. The molecule has 0 saturated carbocycles. The van der Waals surface area contributed by atoms with E-state index in [0.717, 1.165) is 12.8 Å². The van der Waals surface area contributed by atoms with E-state index in [1.807, 2.05) is 6.92 Å². The molecular formula is C13H19N3O4. The lowest BCUT2D eigenvalue weighted by molar-refractivity contribution is -0.137. The molecule has 1 N–H and O–H groups in total. The molecule has 0 aliphatic rings. The number of aromatic nitrogens is 2. The van der Waals surface area contributed by atoms with E-state index in [4.69, 9.17) is 5.11 Å². The number of amides is 1. The topological polar surface area (TPSA) is 92.5 Å². The van der Waals surface area contributed by atoms with Crippen LogP contribution in [0.5, 0.6) is 0 Å². The van der Waals surface area contributed by atoms with Gasteiger partial charge in [0.25, 0.3) is 11.5 Å². The van der Waals surface area contributed by atoms with Gasteiger partial charge in [-0.05, 0) is 19.4 Å². The zero-order valence-electron chi connectivity index (χ0n) is 11.7. The Balaban J connectivity index is 2.97.